The molecule has 0 aromatic heterocycles. The van der Waals surface area contributed by atoms with Gasteiger partial charge in [-0.2, -0.15) is 0 Å². The number of nitrogens with zero attached hydrogens (tertiary/aromatic N) is 1. The molecule has 4 heteroatoms. The quantitative estimate of drug-likeness (QED) is 0.864. The number of hydrogen-bond donors (Lipinski definition) is 1. The van der Waals surface area contributed by atoms with Crippen molar-refractivity contribution in [2.24, 2.45) is 11.7 Å². The van der Waals surface area contributed by atoms with Gasteiger partial charge in [0.1, 0.15) is 4.99 Å². The molecule has 0 bridgehead atoms. The lowest BCUT2D eigenvalue weighted by molar-refractivity contribution is 0.122. The van der Waals surface area contributed by atoms with E-state index >= 15 is 0 Å². The molecule has 2 unspecified atom stereocenters. The van der Waals surface area contributed by atoms with Crippen LogP contribution in [0.15, 0.2) is 18.2 Å². The van der Waals surface area contributed by atoms with Crippen molar-refractivity contribution in [1.82, 2.24) is 4.90 Å². The zero-order chi connectivity index (χ0) is 14.0. The van der Waals surface area contributed by atoms with Gasteiger partial charge in [-0.15, -0.1) is 0 Å². The Balaban J connectivity index is 2.09. The fourth-order valence-corrected chi connectivity index (χ4v) is 3.11. The van der Waals surface area contributed by atoms with Crippen molar-refractivity contribution in [3.8, 4) is 0 Å². The molecule has 1 heterocycles. The maximum absolute atomic E-state index is 6.33. The zero-order valence-electron chi connectivity index (χ0n) is 11.5. The van der Waals surface area contributed by atoms with Crippen LogP contribution < -0.4 is 5.73 Å². The topological polar surface area (TPSA) is 29.3 Å². The summed E-state index contributed by atoms with van der Waals surface area (Å²) >= 11 is 11.3. The zero-order valence-corrected chi connectivity index (χ0v) is 13.1. The van der Waals surface area contributed by atoms with E-state index in [0.717, 1.165) is 35.2 Å². The van der Waals surface area contributed by atoms with Crippen LogP contribution in [0.2, 0.25) is 5.02 Å². The number of thiocarbonyl (C=S) groups is 1. The molecule has 0 spiro atoms. The molecule has 2 nitrogen and oxygen atoms in total. The second-order valence-corrected chi connectivity index (χ2v) is 6.47. The number of piperidine rings is 1. The summed E-state index contributed by atoms with van der Waals surface area (Å²) in [6.45, 7) is 6.69. The molecule has 1 aromatic carbocycles. The van der Waals surface area contributed by atoms with Crippen LogP contribution in [0.4, 0.5) is 0 Å². The van der Waals surface area contributed by atoms with E-state index in [1.54, 1.807) is 0 Å². The van der Waals surface area contributed by atoms with Crippen molar-refractivity contribution >= 4 is 28.8 Å². The van der Waals surface area contributed by atoms with Crippen LogP contribution in [0.5, 0.6) is 0 Å². The summed E-state index contributed by atoms with van der Waals surface area (Å²) in [6, 6.07) is 6.49. The molecule has 0 aliphatic carbocycles. The molecule has 0 amide bonds. The lowest BCUT2D eigenvalue weighted by Gasteiger charge is -2.36. The fraction of sp³-hybridized carbons (Fsp3) is 0.533. The molecule has 1 aliphatic rings. The van der Waals surface area contributed by atoms with Crippen molar-refractivity contribution < 1.29 is 0 Å². The highest BCUT2D eigenvalue weighted by Gasteiger charge is 2.23. The summed E-state index contributed by atoms with van der Waals surface area (Å²) < 4.78 is 0. The number of rotatable bonds is 3. The van der Waals surface area contributed by atoms with Gasteiger partial charge >= 0.3 is 0 Å². The van der Waals surface area contributed by atoms with Crippen LogP contribution in [0.1, 0.15) is 37.8 Å². The molecular weight excluding hydrogens is 276 g/mol. The van der Waals surface area contributed by atoms with Crippen LogP contribution in [-0.4, -0.2) is 22.5 Å². The van der Waals surface area contributed by atoms with E-state index in [0.29, 0.717) is 11.0 Å². The van der Waals surface area contributed by atoms with Crippen LogP contribution >= 0.6 is 23.8 Å². The largest absolute Gasteiger partial charge is 0.389 e. The van der Waals surface area contributed by atoms with Crippen molar-refractivity contribution in [3.05, 3.63) is 34.3 Å². The maximum Gasteiger partial charge on any atom is 0.104 e. The van der Waals surface area contributed by atoms with Crippen molar-refractivity contribution in [1.29, 1.82) is 0 Å². The summed E-state index contributed by atoms with van der Waals surface area (Å²) in [5.74, 6) is 0.832. The predicted molar refractivity (Wildman–Crippen MR) is 85.6 cm³/mol. The first kappa shape index (κ1) is 14.8. The smallest absolute Gasteiger partial charge is 0.104 e. The van der Waals surface area contributed by atoms with Gasteiger partial charge in [0.15, 0.2) is 0 Å². The van der Waals surface area contributed by atoms with E-state index in [1.807, 2.05) is 18.2 Å². The molecule has 2 atom stereocenters. The lowest BCUT2D eigenvalue weighted by atomic mass is 9.93. The molecule has 1 aliphatic heterocycles. The van der Waals surface area contributed by atoms with Gasteiger partial charge in [-0.3, -0.25) is 4.90 Å². The summed E-state index contributed by atoms with van der Waals surface area (Å²) in [4.78, 5) is 2.90. The first-order chi connectivity index (χ1) is 8.97. The Kier molecular flexibility index (Phi) is 4.82. The molecule has 2 rings (SSSR count). The first-order valence-electron chi connectivity index (χ1n) is 6.79. The van der Waals surface area contributed by atoms with Gasteiger partial charge in [0.05, 0.1) is 0 Å². The minimum Gasteiger partial charge on any atom is -0.389 e. The minimum atomic E-state index is 0.397. The molecular formula is C15H21ClN2S. The standard InChI is InChI=1S/C15H21ClN2S/c1-10-5-6-18(11(2)7-10)9-13-4-3-12(15(17)19)8-14(13)16/h3-4,8,10-11H,5-7,9H2,1-2H3,(H2,17,19). The van der Waals surface area contributed by atoms with Gasteiger partial charge in [0, 0.05) is 23.2 Å². The summed E-state index contributed by atoms with van der Waals surface area (Å²) in [5, 5.41) is 0.760. The van der Waals surface area contributed by atoms with Crippen LogP contribution in [0.3, 0.4) is 0 Å². The van der Waals surface area contributed by atoms with E-state index in [9.17, 15) is 0 Å². The van der Waals surface area contributed by atoms with Crippen molar-refractivity contribution in [2.75, 3.05) is 6.54 Å². The molecule has 0 radical (unpaired) electrons. The Labute approximate surface area is 125 Å². The van der Waals surface area contributed by atoms with E-state index < -0.39 is 0 Å². The summed E-state index contributed by atoms with van der Waals surface area (Å²) in [7, 11) is 0. The average Bonchev–Trinajstić information content (AvgIpc) is 2.34. The molecule has 1 saturated heterocycles. The van der Waals surface area contributed by atoms with Gasteiger partial charge < -0.3 is 5.73 Å². The van der Waals surface area contributed by atoms with Crippen molar-refractivity contribution in [3.63, 3.8) is 0 Å². The van der Waals surface area contributed by atoms with E-state index in [1.165, 1.54) is 12.8 Å². The number of likely N-dealkylation sites (tertiary alicyclic amines) is 1. The first-order valence-corrected chi connectivity index (χ1v) is 7.58. The summed E-state index contributed by atoms with van der Waals surface area (Å²) in [5.41, 5.74) is 7.61. The Hall–Kier alpha value is -0.640. The minimum absolute atomic E-state index is 0.397. The Morgan fingerprint density at radius 2 is 2.21 bits per heavy atom. The maximum atomic E-state index is 6.33. The highest BCUT2D eigenvalue weighted by Crippen LogP contribution is 2.26. The third-order valence-corrected chi connectivity index (χ3v) is 4.57. The number of benzene rings is 1. The second-order valence-electron chi connectivity index (χ2n) is 5.62. The lowest BCUT2D eigenvalue weighted by Crippen LogP contribution is -2.39. The average molecular weight is 297 g/mol. The van der Waals surface area contributed by atoms with Gasteiger partial charge in [0.25, 0.3) is 0 Å². The second kappa shape index (κ2) is 6.21. The Morgan fingerprint density at radius 1 is 1.47 bits per heavy atom. The number of hydrogen-bond acceptors (Lipinski definition) is 2. The molecule has 2 N–H and O–H groups in total. The SMILES string of the molecule is CC1CCN(Cc2ccc(C(N)=S)cc2Cl)C(C)C1. The fourth-order valence-electron chi connectivity index (χ4n) is 2.74. The molecule has 0 saturated carbocycles. The monoisotopic (exact) mass is 296 g/mol. The van der Waals surface area contributed by atoms with Gasteiger partial charge in [0.2, 0.25) is 0 Å². The van der Waals surface area contributed by atoms with Crippen LogP contribution in [-0.2, 0) is 6.54 Å². The predicted octanol–water partition coefficient (Wildman–Crippen LogP) is 3.59. The molecule has 19 heavy (non-hydrogen) atoms. The van der Waals surface area contributed by atoms with Crippen LogP contribution in [0, 0.1) is 5.92 Å². The normalized spacial score (nSPS) is 24.4. The summed E-state index contributed by atoms with van der Waals surface area (Å²) in [6.07, 6.45) is 2.54. The number of halogens is 1. The third-order valence-electron chi connectivity index (χ3n) is 3.99. The van der Waals surface area contributed by atoms with Gasteiger partial charge in [-0.25, -0.2) is 0 Å². The van der Waals surface area contributed by atoms with Gasteiger partial charge in [-0.05, 0) is 43.9 Å². The molecule has 104 valence electrons. The van der Waals surface area contributed by atoms with Crippen molar-refractivity contribution in [2.45, 2.75) is 39.3 Å². The Morgan fingerprint density at radius 3 is 2.79 bits per heavy atom. The molecule has 1 fully saturated rings. The highest BCUT2D eigenvalue weighted by atomic mass is 35.5. The van der Waals surface area contributed by atoms with E-state index in [2.05, 4.69) is 18.7 Å². The van der Waals surface area contributed by atoms with Gasteiger partial charge in [-0.1, -0.05) is 42.9 Å². The molecule has 1 aromatic rings. The highest BCUT2D eigenvalue weighted by molar-refractivity contribution is 7.80. The van der Waals surface area contributed by atoms with E-state index in [-0.39, 0.29) is 0 Å². The van der Waals surface area contributed by atoms with E-state index in [4.69, 9.17) is 29.6 Å². The number of nitrogens with two attached hydrogens (primary N) is 1. The Bertz CT molecular complexity index is 475. The van der Waals surface area contributed by atoms with Crippen LogP contribution in [0.25, 0.3) is 0 Å². The third kappa shape index (κ3) is 3.68.